The van der Waals surface area contributed by atoms with Crippen LogP contribution < -0.4 is 16.2 Å². The predicted molar refractivity (Wildman–Crippen MR) is 94.4 cm³/mol. The van der Waals surface area contributed by atoms with E-state index in [4.69, 9.17) is 28.4 Å². The Morgan fingerprint density at radius 3 is 2.61 bits per heavy atom. The summed E-state index contributed by atoms with van der Waals surface area (Å²) in [5.41, 5.74) is 11.8. The molecular formula is C15H24N4O3S. The minimum Gasteiger partial charge on any atom is -0.497 e. The van der Waals surface area contributed by atoms with E-state index in [1.54, 1.807) is 17.0 Å². The zero-order valence-corrected chi connectivity index (χ0v) is 14.2. The fourth-order valence-corrected chi connectivity index (χ4v) is 2.42. The number of nitrogens with two attached hydrogens (primary N) is 2. The number of hydrogen-bond donors (Lipinski definition) is 2. The standard InChI is InChI=1S/C15H24N4O3S/c1-22-13-6-7-14(19(20)21)12(10-13)11-18(15(17)23)9-5-3-2-4-8-16/h6-7,10H,2-5,8-9,11,16H2,1H3,(H2,17,23). The van der Waals surface area contributed by atoms with Gasteiger partial charge < -0.3 is 21.1 Å². The number of methoxy groups -OCH3 is 1. The van der Waals surface area contributed by atoms with E-state index in [2.05, 4.69) is 0 Å². The molecule has 7 nitrogen and oxygen atoms in total. The number of nitro groups is 1. The largest absolute Gasteiger partial charge is 0.497 e. The van der Waals surface area contributed by atoms with Crippen molar-refractivity contribution >= 4 is 23.0 Å². The molecular weight excluding hydrogens is 316 g/mol. The maximum Gasteiger partial charge on any atom is 0.274 e. The summed E-state index contributed by atoms with van der Waals surface area (Å²) >= 11 is 5.07. The maximum atomic E-state index is 11.2. The molecule has 0 atom stereocenters. The molecule has 0 bridgehead atoms. The van der Waals surface area contributed by atoms with E-state index in [9.17, 15) is 10.1 Å². The van der Waals surface area contributed by atoms with Crippen molar-refractivity contribution < 1.29 is 9.66 Å². The summed E-state index contributed by atoms with van der Waals surface area (Å²) in [6.07, 6.45) is 3.99. The summed E-state index contributed by atoms with van der Waals surface area (Å²) < 4.78 is 5.14. The van der Waals surface area contributed by atoms with Crippen LogP contribution in [0.1, 0.15) is 31.2 Å². The lowest BCUT2D eigenvalue weighted by molar-refractivity contribution is -0.385. The second-order valence-corrected chi connectivity index (χ2v) is 5.63. The molecule has 0 unspecified atom stereocenters. The van der Waals surface area contributed by atoms with Gasteiger partial charge in [-0.25, -0.2) is 0 Å². The van der Waals surface area contributed by atoms with Crippen LogP contribution in [0.4, 0.5) is 5.69 Å². The lowest BCUT2D eigenvalue weighted by atomic mass is 10.1. The van der Waals surface area contributed by atoms with Crippen LogP contribution in [0.5, 0.6) is 5.75 Å². The molecule has 1 aromatic rings. The Morgan fingerprint density at radius 1 is 1.35 bits per heavy atom. The Balaban J connectivity index is 2.78. The van der Waals surface area contributed by atoms with Crippen LogP contribution in [0.25, 0.3) is 0 Å². The molecule has 0 aliphatic rings. The monoisotopic (exact) mass is 340 g/mol. The first kappa shape index (κ1) is 19.1. The highest BCUT2D eigenvalue weighted by molar-refractivity contribution is 7.80. The third kappa shape index (κ3) is 6.37. The fraction of sp³-hybridized carbons (Fsp3) is 0.533. The third-order valence-electron chi connectivity index (χ3n) is 3.54. The third-order valence-corrected chi connectivity index (χ3v) is 3.80. The van der Waals surface area contributed by atoms with Crippen molar-refractivity contribution in [1.29, 1.82) is 0 Å². The van der Waals surface area contributed by atoms with Gasteiger partial charge in [0.15, 0.2) is 5.11 Å². The van der Waals surface area contributed by atoms with E-state index in [1.807, 2.05) is 0 Å². The summed E-state index contributed by atoms with van der Waals surface area (Å²) in [6.45, 7) is 1.64. The van der Waals surface area contributed by atoms with Gasteiger partial charge in [-0.05, 0) is 43.7 Å². The van der Waals surface area contributed by atoms with E-state index in [-0.39, 0.29) is 10.8 Å². The average molecular weight is 340 g/mol. The fourth-order valence-electron chi connectivity index (χ4n) is 2.27. The van der Waals surface area contributed by atoms with Gasteiger partial charge in [0.2, 0.25) is 0 Å². The summed E-state index contributed by atoms with van der Waals surface area (Å²) in [7, 11) is 1.52. The van der Waals surface area contributed by atoms with Gasteiger partial charge in [-0.15, -0.1) is 0 Å². The van der Waals surface area contributed by atoms with Crippen LogP contribution in [0.2, 0.25) is 0 Å². The van der Waals surface area contributed by atoms with E-state index >= 15 is 0 Å². The maximum absolute atomic E-state index is 11.2. The van der Waals surface area contributed by atoms with Crippen molar-refractivity contribution in [2.45, 2.75) is 32.2 Å². The minimum absolute atomic E-state index is 0.0372. The van der Waals surface area contributed by atoms with Gasteiger partial charge in [-0.2, -0.15) is 0 Å². The van der Waals surface area contributed by atoms with Crippen molar-refractivity contribution in [2.24, 2.45) is 11.5 Å². The second-order valence-electron chi connectivity index (χ2n) is 5.21. The normalized spacial score (nSPS) is 10.3. The Hall–Kier alpha value is -1.93. The first-order valence-electron chi connectivity index (χ1n) is 7.55. The molecule has 1 rings (SSSR count). The summed E-state index contributed by atoms with van der Waals surface area (Å²) in [5, 5.41) is 11.4. The van der Waals surface area contributed by atoms with Gasteiger partial charge in [-0.3, -0.25) is 10.1 Å². The first-order chi connectivity index (χ1) is 11.0. The number of thiocarbonyl (C=S) groups is 1. The zero-order valence-electron chi connectivity index (χ0n) is 13.4. The van der Waals surface area contributed by atoms with Gasteiger partial charge in [0.1, 0.15) is 5.75 Å². The molecule has 0 spiro atoms. The van der Waals surface area contributed by atoms with E-state index < -0.39 is 4.92 Å². The van der Waals surface area contributed by atoms with E-state index in [0.717, 1.165) is 25.7 Å². The highest BCUT2D eigenvalue weighted by Crippen LogP contribution is 2.25. The van der Waals surface area contributed by atoms with Crippen molar-refractivity contribution in [3.63, 3.8) is 0 Å². The van der Waals surface area contributed by atoms with Gasteiger partial charge in [0.25, 0.3) is 5.69 Å². The average Bonchev–Trinajstić information content (AvgIpc) is 2.52. The number of nitro benzene ring substituents is 1. The number of ether oxygens (including phenoxy) is 1. The van der Waals surface area contributed by atoms with Crippen LogP contribution in [-0.4, -0.2) is 35.1 Å². The minimum atomic E-state index is -0.409. The van der Waals surface area contributed by atoms with Crippen LogP contribution in [0.15, 0.2) is 18.2 Å². The molecule has 4 N–H and O–H groups in total. The molecule has 23 heavy (non-hydrogen) atoms. The summed E-state index contributed by atoms with van der Waals surface area (Å²) in [6, 6.07) is 4.66. The lowest BCUT2D eigenvalue weighted by Gasteiger charge is -2.23. The Bertz CT molecular complexity index is 539. The molecule has 0 aromatic heterocycles. The Morgan fingerprint density at radius 2 is 2.04 bits per heavy atom. The van der Waals surface area contributed by atoms with Crippen LogP contribution in [0, 0.1) is 10.1 Å². The summed E-state index contributed by atoms with van der Waals surface area (Å²) in [4.78, 5) is 12.5. The molecule has 0 amide bonds. The molecule has 128 valence electrons. The molecule has 0 radical (unpaired) electrons. The van der Waals surface area contributed by atoms with E-state index in [1.165, 1.54) is 13.2 Å². The number of benzene rings is 1. The van der Waals surface area contributed by atoms with Gasteiger partial charge in [0.05, 0.1) is 24.1 Å². The topological polar surface area (TPSA) is 108 Å². The number of rotatable bonds is 10. The van der Waals surface area contributed by atoms with Gasteiger partial charge in [-0.1, -0.05) is 12.8 Å². The molecule has 1 aromatic carbocycles. The molecule has 0 aliphatic carbocycles. The lowest BCUT2D eigenvalue weighted by Crippen LogP contribution is -2.35. The quantitative estimate of drug-likeness (QED) is 0.291. The molecule has 0 saturated heterocycles. The molecule has 0 aliphatic heterocycles. The Kier molecular flexibility index (Phi) is 8.28. The highest BCUT2D eigenvalue weighted by atomic mass is 32.1. The highest BCUT2D eigenvalue weighted by Gasteiger charge is 2.18. The molecule has 0 saturated carbocycles. The van der Waals surface area contributed by atoms with Gasteiger partial charge in [0, 0.05) is 12.6 Å². The second kappa shape index (κ2) is 9.96. The van der Waals surface area contributed by atoms with Gasteiger partial charge >= 0.3 is 0 Å². The smallest absolute Gasteiger partial charge is 0.274 e. The first-order valence-corrected chi connectivity index (χ1v) is 7.96. The summed E-state index contributed by atoms with van der Waals surface area (Å²) in [5.74, 6) is 0.566. The molecule has 0 heterocycles. The molecule has 8 heteroatoms. The van der Waals surface area contributed by atoms with Crippen molar-refractivity contribution in [3.8, 4) is 5.75 Å². The zero-order chi connectivity index (χ0) is 17.2. The predicted octanol–water partition coefficient (Wildman–Crippen LogP) is 2.17. The van der Waals surface area contributed by atoms with Crippen LogP contribution in [0.3, 0.4) is 0 Å². The van der Waals surface area contributed by atoms with Crippen LogP contribution in [-0.2, 0) is 6.54 Å². The Labute approximate surface area is 141 Å². The molecule has 0 fully saturated rings. The SMILES string of the molecule is COc1ccc([N+](=O)[O-])c(CN(CCCCCCN)C(N)=S)c1. The van der Waals surface area contributed by atoms with Crippen LogP contribution >= 0.6 is 12.2 Å². The number of unbranched alkanes of at least 4 members (excludes halogenated alkanes) is 3. The van der Waals surface area contributed by atoms with E-state index in [0.29, 0.717) is 30.9 Å². The van der Waals surface area contributed by atoms with Crippen molar-refractivity contribution in [3.05, 3.63) is 33.9 Å². The van der Waals surface area contributed by atoms with Crippen molar-refractivity contribution in [2.75, 3.05) is 20.2 Å². The number of hydrogen-bond acceptors (Lipinski definition) is 5. The van der Waals surface area contributed by atoms with Crippen molar-refractivity contribution in [1.82, 2.24) is 4.90 Å². The number of nitrogens with zero attached hydrogens (tertiary/aromatic N) is 2.